The lowest BCUT2D eigenvalue weighted by Gasteiger charge is -2.34. The summed E-state index contributed by atoms with van der Waals surface area (Å²) < 4.78 is 23.1. The third-order valence-corrected chi connectivity index (χ3v) is 5.05. The number of Topliss-reactive ketones (excluding diaryl/α,β-unsaturated/α-hetero) is 1. The summed E-state index contributed by atoms with van der Waals surface area (Å²) in [6, 6.07) is 0. The lowest BCUT2D eigenvalue weighted by atomic mass is 10.4. The predicted octanol–water partition coefficient (Wildman–Crippen LogP) is 2.86. The van der Waals surface area contributed by atoms with Crippen LogP contribution in [-0.4, -0.2) is 39.1 Å². The minimum Gasteiger partial charge on any atom is -0.486 e. The maximum absolute atomic E-state index is 11.2. The SMILES string of the molecule is C=C(OC[Si](OC(C)C)(OC(C)C)OC(C)C)C(C)=O. The van der Waals surface area contributed by atoms with Crippen molar-refractivity contribution in [2.24, 2.45) is 0 Å². The van der Waals surface area contributed by atoms with E-state index in [1.54, 1.807) is 0 Å². The van der Waals surface area contributed by atoms with E-state index in [0.29, 0.717) is 0 Å². The van der Waals surface area contributed by atoms with E-state index >= 15 is 0 Å². The first-order chi connectivity index (χ1) is 9.08. The molecule has 0 saturated heterocycles. The highest BCUT2D eigenvalue weighted by molar-refractivity contribution is 6.60. The number of rotatable bonds is 10. The smallest absolute Gasteiger partial charge is 0.486 e. The third kappa shape index (κ3) is 7.79. The molecule has 0 heterocycles. The standard InChI is InChI=1S/C14H28O5Si/c1-10(2)17-20(18-11(3)4,19-12(5)6)9-16-14(8)13(7)15/h10-12H,8-9H2,1-7H3. The predicted molar refractivity (Wildman–Crippen MR) is 80.2 cm³/mol. The van der Waals surface area contributed by atoms with Gasteiger partial charge in [-0.3, -0.25) is 4.79 Å². The van der Waals surface area contributed by atoms with Gasteiger partial charge in [0.05, 0.1) is 0 Å². The summed E-state index contributed by atoms with van der Waals surface area (Å²) in [6.45, 7) is 16.5. The van der Waals surface area contributed by atoms with E-state index in [-0.39, 0.29) is 36.1 Å². The highest BCUT2D eigenvalue weighted by Crippen LogP contribution is 2.19. The van der Waals surface area contributed by atoms with Gasteiger partial charge in [0.1, 0.15) is 0 Å². The van der Waals surface area contributed by atoms with Crippen LogP contribution in [0.1, 0.15) is 48.5 Å². The normalized spacial score (nSPS) is 12.3. The number of carbonyl (C=O) groups is 1. The molecule has 0 aromatic heterocycles. The lowest BCUT2D eigenvalue weighted by molar-refractivity contribution is -0.116. The first kappa shape index (κ1) is 19.3. The second-order valence-corrected chi connectivity index (χ2v) is 7.81. The molecule has 0 radical (unpaired) electrons. The number of hydrogen-bond acceptors (Lipinski definition) is 5. The van der Waals surface area contributed by atoms with Crippen LogP contribution in [0.4, 0.5) is 0 Å². The molecule has 0 aliphatic heterocycles. The Morgan fingerprint density at radius 2 is 1.30 bits per heavy atom. The van der Waals surface area contributed by atoms with Gasteiger partial charge in [0.15, 0.2) is 17.8 Å². The van der Waals surface area contributed by atoms with Crippen molar-refractivity contribution in [1.29, 1.82) is 0 Å². The van der Waals surface area contributed by atoms with Crippen molar-refractivity contribution < 1.29 is 22.8 Å². The summed E-state index contributed by atoms with van der Waals surface area (Å²) in [5.74, 6) is -0.125. The Hall–Kier alpha value is -0.693. The van der Waals surface area contributed by atoms with E-state index in [4.69, 9.17) is 18.0 Å². The average molecular weight is 304 g/mol. The van der Waals surface area contributed by atoms with Crippen LogP contribution >= 0.6 is 0 Å². The summed E-state index contributed by atoms with van der Waals surface area (Å²) in [6.07, 6.45) is -0.102. The van der Waals surface area contributed by atoms with Crippen molar-refractivity contribution in [2.45, 2.75) is 66.8 Å². The quantitative estimate of drug-likeness (QED) is 0.353. The first-order valence-electron chi connectivity index (χ1n) is 6.94. The highest BCUT2D eigenvalue weighted by atomic mass is 28.4. The van der Waals surface area contributed by atoms with Crippen molar-refractivity contribution in [3.8, 4) is 0 Å². The highest BCUT2D eigenvalue weighted by Gasteiger charge is 2.46. The molecule has 118 valence electrons. The number of carbonyl (C=O) groups excluding carboxylic acids is 1. The van der Waals surface area contributed by atoms with E-state index < -0.39 is 8.80 Å². The molecule has 0 fully saturated rings. The Balaban J connectivity index is 5.04. The van der Waals surface area contributed by atoms with E-state index in [2.05, 4.69) is 6.58 Å². The fourth-order valence-corrected chi connectivity index (χ4v) is 4.42. The zero-order chi connectivity index (χ0) is 15.9. The van der Waals surface area contributed by atoms with Crippen LogP contribution in [-0.2, 0) is 22.8 Å². The number of ether oxygens (including phenoxy) is 1. The molecule has 5 nitrogen and oxygen atoms in total. The molecule has 0 aliphatic carbocycles. The van der Waals surface area contributed by atoms with Gasteiger partial charge >= 0.3 is 8.80 Å². The molecule has 0 rings (SSSR count). The van der Waals surface area contributed by atoms with Gasteiger partial charge in [-0.1, -0.05) is 6.58 Å². The zero-order valence-electron chi connectivity index (χ0n) is 13.7. The van der Waals surface area contributed by atoms with Crippen molar-refractivity contribution in [3.05, 3.63) is 12.3 Å². The molecule has 0 aromatic rings. The fraction of sp³-hybridized carbons (Fsp3) is 0.786. The van der Waals surface area contributed by atoms with Gasteiger partial charge in [-0.05, 0) is 41.5 Å². The van der Waals surface area contributed by atoms with Crippen LogP contribution in [0.25, 0.3) is 0 Å². The largest absolute Gasteiger partial charge is 0.541 e. The van der Waals surface area contributed by atoms with Gasteiger partial charge in [0, 0.05) is 25.2 Å². The lowest BCUT2D eigenvalue weighted by Crippen LogP contribution is -2.54. The van der Waals surface area contributed by atoms with E-state index in [9.17, 15) is 4.79 Å². The molecular weight excluding hydrogens is 276 g/mol. The van der Waals surface area contributed by atoms with Crippen molar-refractivity contribution in [1.82, 2.24) is 0 Å². The number of allylic oxidation sites excluding steroid dienone is 1. The van der Waals surface area contributed by atoms with Gasteiger partial charge in [-0.2, -0.15) is 0 Å². The Labute approximate surface area is 123 Å². The van der Waals surface area contributed by atoms with Crippen LogP contribution in [0.15, 0.2) is 12.3 Å². The summed E-state index contributed by atoms with van der Waals surface area (Å²) in [7, 11) is -3.03. The van der Waals surface area contributed by atoms with Crippen LogP contribution in [0, 0.1) is 0 Å². The molecule has 0 saturated carbocycles. The first-order valence-corrected chi connectivity index (χ1v) is 8.87. The topological polar surface area (TPSA) is 54.0 Å². The Morgan fingerprint density at radius 1 is 0.950 bits per heavy atom. The summed E-state index contributed by atoms with van der Waals surface area (Å²) in [4.78, 5) is 11.2. The third-order valence-electron chi connectivity index (χ3n) is 2.06. The fourth-order valence-electron chi connectivity index (χ4n) is 1.54. The molecule has 0 amide bonds. The Morgan fingerprint density at radius 3 is 1.55 bits per heavy atom. The van der Waals surface area contributed by atoms with Gasteiger partial charge in [-0.15, -0.1) is 0 Å². The molecule has 6 heteroatoms. The van der Waals surface area contributed by atoms with E-state index in [0.717, 1.165) is 0 Å². The maximum atomic E-state index is 11.2. The van der Waals surface area contributed by atoms with Gasteiger partial charge in [0.2, 0.25) is 0 Å². The van der Waals surface area contributed by atoms with Crippen LogP contribution in [0.5, 0.6) is 0 Å². The van der Waals surface area contributed by atoms with Crippen molar-refractivity contribution >= 4 is 14.6 Å². The zero-order valence-corrected chi connectivity index (χ0v) is 14.7. The molecule has 0 spiro atoms. The van der Waals surface area contributed by atoms with E-state index in [1.807, 2.05) is 41.5 Å². The monoisotopic (exact) mass is 304 g/mol. The maximum Gasteiger partial charge on any atom is 0.541 e. The van der Waals surface area contributed by atoms with Gasteiger partial charge in [0.25, 0.3) is 0 Å². The Kier molecular flexibility index (Phi) is 8.27. The number of ketones is 1. The van der Waals surface area contributed by atoms with Gasteiger partial charge in [-0.25, -0.2) is 0 Å². The molecule has 0 N–H and O–H groups in total. The molecule has 0 atom stereocenters. The number of hydrogen-bond donors (Lipinski definition) is 0. The summed E-state index contributed by atoms with van der Waals surface area (Å²) >= 11 is 0. The molecule has 0 bridgehead atoms. The summed E-state index contributed by atoms with van der Waals surface area (Å²) in [5, 5.41) is 0. The minimum absolute atomic E-state index is 0.0617. The molecule has 0 aromatic carbocycles. The van der Waals surface area contributed by atoms with Crippen LogP contribution in [0.2, 0.25) is 0 Å². The molecule has 0 unspecified atom stereocenters. The molecule has 20 heavy (non-hydrogen) atoms. The molecule has 0 aliphatic rings. The summed E-state index contributed by atoms with van der Waals surface area (Å²) in [5.41, 5.74) is 0. The van der Waals surface area contributed by atoms with Crippen molar-refractivity contribution in [2.75, 3.05) is 6.23 Å². The van der Waals surface area contributed by atoms with Crippen molar-refractivity contribution in [3.63, 3.8) is 0 Å². The van der Waals surface area contributed by atoms with Crippen LogP contribution < -0.4 is 0 Å². The van der Waals surface area contributed by atoms with Gasteiger partial charge < -0.3 is 18.0 Å². The molecular formula is C14H28O5Si. The van der Waals surface area contributed by atoms with Crippen LogP contribution in [0.3, 0.4) is 0 Å². The second-order valence-electron chi connectivity index (χ2n) is 5.45. The second kappa shape index (κ2) is 8.56. The minimum atomic E-state index is -3.03. The van der Waals surface area contributed by atoms with E-state index in [1.165, 1.54) is 6.92 Å². The average Bonchev–Trinajstić information content (AvgIpc) is 2.22. The Bertz CT molecular complexity index is 299.